The molecule has 3 nitrogen and oxygen atoms in total. The fourth-order valence-electron chi connectivity index (χ4n) is 2.48. The first-order valence-corrected chi connectivity index (χ1v) is 7.96. The van der Waals surface area contributed by atoms with Crippen molar-refractivity contribution in [1.29, 1.82) is 0 Å². The molecule has 2 aromatic carbocycles. The van der Waals surface area contributed by atoms with Gasteiger partial charge in [-0.1, -0.05) is 29.8 Å². The van der Waals surface area contributed by atoms with E-state index in [-0.39, 0.29) is 0 Å². The van der Waals surface area contributed by atoms with Crippen LogP contribution in [0, 0.1) is 6.92 Å². The van der Waals surface area contributed by atoms with Crippen LogP contribution in [0.4, 0.5) is 13.2 Å². The van der Waals surface area contributed by atoms with Crippen LogP contribution < -0.4 is 0 Å². The Morgan fingerprint density at radius 1 is 0.960 bits per heavy atom. The molecule has 0 saturated carbocycles. The van der Waals surface area contributed by atoms with Gasteiger partial charge in [0.05, 0.1) is 5.56 Å². The maximum absolute atomic E-state index is 12.7. The lowest BCUT2D eigenvalue weighted by atomic mass is 10.00. The topological polar surface area (TPSA) is 38.9 Å². The van der Waals surface area contributed by atoms with Crippen molar-refractivity contribution in [2.75, 3.05) is 0 Å². The number of hydrogen-bond acceptors (Lipinski definition) is 3. The zero-order valence-electron chi connectivity index (χ0n) is 13.3. The minimum Gasteiger partial charge on any atom is -0.426 e. The molecule has 130 valence electrons. The number of benzene rings is 2. The normalized spacial score (nSPS) is 11.7. The molecule has 0 spiro atoms. The summed E-state index contributed by atoms with van der Waals surface area (Å²) in [5.41, 5.74) is 1.70. The summed E-state index contributed by atoms with van der Waals surface area (Å²) >= 11 is 6.22. The van der Waals surface area contributed by atoms with Gasteiger partial charge in [-0.25, -0.2) is 0 Å². The third-order valence-electron chi connectivity index (χ3n) is 3.77. The van der Waals surface area contributed by atoms with E-state index in [0.29, 0.717) is 35.2 Å². The zero-order chi connectivity index (χ0) is 18.0. The van der Waals surface area contributed by atoms with Crippen molar-refractivity contribution in [3.8, 4) is 11.1 Å². The Bertz CT molecular complexity index is 873. The lowest BCUT2D eigenvalue weighted by Gasteiger charge is -2.10. The van der Waals surface area contributed by atoms with Crippen LogP contribution in [0.15, 0.2) is 46.9 Å². The second-order valence-electron chi connectivity index (χ2n) is 5.60. The van der Waals surface area contributed by atoms with Crippen LogP contribution in [0.2, 0.25) is 5.02 Å². The van der Waals surface area contributed by atoms with Gasteiger partial charge >= 0.3 is 6.18 Å². The van der Waals surface area contributed by atoms with Crippen LogP contribution in [0.1, 0.15) is 22.9 Å². The fourth-order valence-corrected chi connectivity index (χ4v) is 2.69. The summed E-state index contributed by atoms with van der Waals surface area (Å²) in [7, 11) is 0. The first-order chi connectivity index (χ1) is 11.8. The Hall–Kier alpha value is -2.34. The van der Waals surface area contributed by atoms with Gasteiger partial charge in [0, 0.05) is 18.4 Å². The van der Waals surface area contributed by atoms with Gasteiger partial charge in [0.25, 0.3) is 0 Å². The smallest absolute Gasteiger partial charge is 0.416 e. The molecule has 0 bridgehead atoms. The molecule has 25 heavy (non-hydrogen) atoms. The van der Waals surface area contributed by atoms with Gasteiger partial charge in [0.15, 0.2) is 0 Å². The molecule has 1 aromatic heterocycles. The molecule has 1 heterocycles. The predicted molar refractivity (Wildman–Crippen MR) is 88.3 cm³/mol. The Balaban J connectivity index is 1.81. The molecule has 0 aliphatic heterocycles. The van der Waals surface area contributed by atoms with E-state index in [1.54, 1.807) is 19.1 Å². The van der Waals surface area contributed by atoms with Crippen molar-refractivity contribution >= 4 is 11.6 Å². The van der Waals surface area contributed by atoms with E-state index in [2.05, 4.69) is 10.2 Å². The second kappa shape index (κ2) is 6.88. The van der Waals surface area contributed by atoms with E-state index in [9.17, 15) is 13.2 Å². The van der Waals surface area contributed by atoms with Gasteiger partial charge in [-0.2, -0.15) is 13.2 Å². The minimum atomic E-state index is -4.34. The van der Waals surface area contributed by atoms with Crippen molar-refractivity contribution in [3.63, 3.8) is 0 Å². The molecule has 0 aliphatic carbocycles. The maximum Gasteiger partial charge on any atom is 0.416 e. The summed E-state index contributed by atoms with van der Waals surface area (Å²) in [5.74, 6) is 1.02. The lowest BCUT2D eigenvalue weighted by Crippen LogP contribution is -2.04. The summed E-state index contributed by atoms with van der Waals surface area (Å²) < 4.78 is 43.3. The van der Waals surface area contributed by atoms with Gasteiger partial charge in [0.1, 0.15) is 0 Å². The Kier molecular flexibility index (Phi) is 4.81. The summed E-state index contributed by atoms with van der Waals surface area (Å²) in [6, 6.07) is 10.5. The Morgan fingerprint density at radius 2 is 1.64 bits per heavy atom. The average molecular weight is 367 g/mol. The molecule has 7 heteroatoms. The quantitative estimate of drug-likeness (QED) is 0.611. The van der Waals surface area contributed by atoms with E-state index in [4.69, 9.17) is 16.0 Å². The highest BCUT2D eigenvalue weighted by Gasteiger charge is 2.29. The first kappa shape index (κ1) is 17.5. The number of aromatic nitrogens is 2. The molecule has 0 atom stereocenters. The molecule has 0 radical (unpaired) electrons. The van der Waals surface area contributed by atoms with Crippen molar-refractivity contribution in [1.82, 2.24) is 10.2 Å². The molecule has 3 aromatic rings. The minimum absolute atomic E-state index is 0.500. The van der Waals surface area contributed by atoms with Crippen molar-refractivity contribution in [2.24, 2.45) is 0 Å². The number of aryl methyl sites for hydroxylation is 3. The lowest BCUT2D eigenvalue weighted by molar-refractivity contribution is -0.137. The predicted octanol–water partition coefficient (Wildman–Crippen LogP) is 5.50. The van der Waals surface area contributed by atoms with E-state index in [0.717, 1.165) is 23.3 Å². The summed E-state index contributed by atoms with van der Waals surface area (Å²) in [4.78, 5) is 0. The highest BCUT2D eigenvalue weighted by Crippen LogP contribution is 2.32. The van der Waals surface area contributed by atoms with Gasteiger partial charge in [0.2, 0.25) is 11.8 Å². The number of rotatable bonds is 4. The van der Waals surface area contributed by atoms with Crippen molar-refractivity contribution in [3.05, 3.63) is 70.4 Å². The molecule has 0 fully saturated rings. The van der Waals surface area contributed by atoms with Gasteiger partial charge < -0.3 is 4.42 Å². The highest BCUT2D eigenvalue weighted by atomic mass is 35.5. The van der Waals surface area contributed by atoms with E-state index in [1.165, 1.54) is 12.1 Å². The third-order valence-corrected chi connectivity index (χ3v) is 4.14. The molecule has 0 N–H and O–H groups in total. The second-order valence-corrected chi connectivity index (χ2v) is 6.00. The van der Waals surface area contributed by atoms with E-state index in [1.807, 2.05) is 6.07 Å². The van der Waals surface area contributed by atoms with Crippen LogP contribution in [-0.2, 0) is 19.0 Å². The summed E-state index contributed by atoms with van der Waals surface area (Å²) in [6.45, 7) is 1.72. The molecular weight excluding hydrogens is 353 g/mol. The highest BCUT2D eigenvalue weighted by molar-refractivity contribution is 6.31. The average Bonchev–Trinajstić information content (AvgIpc) is 2.99. The number of nitrogens with zero attached hydrogens (tertiary/aromatic N) is 2. The SMILES string of the molecule is Cc1nnc(CCc2cc(-c3ccc(C(F)(F)F)cc3)ccc2Cl)o1. The number of alkyl halides is 3. The maximum atomic E-state index is 12.7. The Labute approximate surface area is 147 Å². The van der Waals surface area contributed by atoms with Gasteiger partial charge in [-0.05, 0) is 47.4 Å². The first-order valence-electron chi connectivity index (χ1n) is 7.58. The zero-order valence-corrected chi connectivity index (χ0v) is 14.0. The largest absolute Gasteiger partial charge is 0.426 e. The fraction of sp³-hybridized carbons (Fsp3) is 0.222. The van der Waals surface area contributed by atoms with Crippen LogP contribution >= 0.6 is 11.6 Å². The molecular formula is C18H14ClF3N2O. The van der Waals surface area contributed by atoms with Crippen molar-refractivity contribution < 1.29 is 17.6 Å². The molecule has 0 amide bonds. The number of halogens is 4. The van der Waals surface area contributed by atoms with E-state index < -0.39 is 11.7 Å². The monoisotopic (exact) mass is 366 g/mol. The molecule has 0 aliphatic rings. The molecule has 0 unspecified atom stereocenters. The third kappa shape index (κ3) is 4.20. The molecule has 3 rings (SSSR count). The van der Waals surface area contributed by atoms with Crippen molar-refractivity contribution in [2.45, 2.75) is 25.9 Å². The van der Waals surface area contributed by atoms with Gasteiger partial charge in [-0.15, -0.1) is 10.2 Å². The van der Waals surface area contributed by atoms with Crippen LogP contribution in [0.25, 0.3) is 11.1 Å². The van der Waals surface area contributed by atoms with Gasteiger partial charge in [-0.3, -0.25) is 0 Å². The van der Waals surface area contributed by atoms with Crippen LogP contribution in [0.5, 0.6) is 0 Å². The van der Waals surface area contributed by atoms with Crippen LogP contribution in [-0.4, -0.2) is 10.2 Å². The Morgan fingerprint density at radius 3 is 2.24 bits per heavy atom. The standard InChI is InChI=1S/C18H14ClF3N2O/c1-11-23-24-17(25-11)9-5-14-10-13(4-8-16(14)19)12-2-6-15(7-3-12)18(20,21)22/h2-4,6-8,10H,5,9H2,1H3. The van der Waals surface area contributed by atoms with Crippen LogP contribution in [0.3, 0.4) is 0 Å². The summed E-state index contributed by atoms with van der Waals surface area (Å²) in [6.07, 6.45) is -3.21. The number of hydrogen-bond donors (Lipinski definition) is 0. The summed E-state index contributed by atoms with van der Waals surface area (Å²) in [5, 5.41) is 8.30. The molecule has 0 saturated heterocycles. The van der Waals surface area contributed by atoms with E-state index >= 15 is 0 Å².